The third-order valence-electron chi connectivity index (χ3n) is 8.74. The van der Waals surface area contributed by atoms with Crippen LogP contribution < -0.4 is 11.1 Å². The first-order chi connectivity index (χ1) is 17.8. The average Bonchev–Trinajstić information content (AvgIpc) is 3.45. The smallest absolute Gasteiger partial charge is 0.291 e. The number of imidazole rings is 1. The molecule has 3 aliphatic heterocycles. The quantitative estimate of drug-likeness (QED) is 0.506. The number of anilines is 2. The van der Waals surface area contributed by atoms with E-state index in [0.29, 0.717) is 5.69 Å². The minimum atomic E-state index is -0.611. The second kappa shape index (κ2) is 8.37. The number of fused-ring (bicyclic) bond motifs is 5. The van der Waals surface area contributed by atoms with Gasteiger partial charge >= 0.3 is 0 Å². The van der Waals surface area contributed by atoms with Crippen molar-refractivity contribution in [3.8, 4) is 0 Å². The van der Waals surface area contributed by atoms with Gasteiger partial charge in [-0.3, -0.25) is 9.78 Å². The molecule has 0 unspecified atom stereocenters. The summed E-state index contributed by atoms with van der Waals surface area (Å²) >= 11 is 0. The number of nitrogens with two attached hydrogens (primary N) is 1. The van der Waals surface area contributed by atoms with E-state index in [1.54, 1.807) is 0 Å². The molecule has 38 heavy (non-hydrogen) atoms. The maximum absolute atomic E-state index is 12.9. The molecule has 1 aliphatic carbocycles. The summed E-state index contributed by atoms with van der Waals surface area (Å²) in [6.07, 6.45) is 8.08. The molecule has 3 saturated heterocycles. The number of nitrogens with one attached hydrogen (secondary N) is 2. The van der Waals surface area contributed by atoms with Gasteiger partial charge in [-0.2, -0.15) is 0 Å². The molecule has 2 aromatic heterocycles. The molecule has 5 heterocycles. The van der Waals surface area contributed by atoms with Gasteiger partial charge in [0.25, 0.3) is 5.91 Å². The van der Waals surface area contributed by atoms with Crippen LogP contribution in [0.1, 0.15) is 102 Å². The largest absolute Gasteiger partial charge is 0.382 e. The maximum Gasteiger partial charge on any atom is 0.291 e. The number of ether oxygens (including phenoxy) is 3. The molecule has 1 amide bonds. The highest BCUT2D eigenvalue weighted by Crippen LogP contribution is 2.58. The van der Waals surface area contributed by atoms with Crippen molar-refractivity contribution in [3.63, 3.8) is 0 Å². The number of carbonyl (C=O) groups is 1. The Labute approximate surface area is 223 Å². The Morgan fingerprint density at radius 3 is 2.32 bits per heavy atom. The summed E-state index contributed by atoms with van der Waals surface area (Å²) in [5, 5.41) is 3.02. The van der Waals surface area contributed by atoms with Crippen LogP contribution in [0.15, 0.2) is 24.4 Å². The van der Waals surface area contributed by atoms with Gasteiger partial charge < -0.3 is 30.2 Å². The van der Waals surface area contributed by atoms with E-state index in [0.717, 1.165) is 49.1 Å². The summed E-state index contributed by atoms with van der Waals surface area (Å²) in [6.45, 7) is 12.8. The van der Waals surface area contributed by atoms with Crippen LogP contribution in [-0.4, -0.2) is 50.1 Å². The Bertz CT molecular complexity index is 1290. The van der Waals surface area contributed by atoms with Gasteiger partial charge in [-0.15, -0.1) is 0 Å². The zero-order chi connectivity index (χ0) is 27.1. The fourth-order valence-corrected chi connectivity index (χ4v) is 6.85. The predicted octanol–water partition coefficient (Wildman–Crippen LogP) is 5.18. The molecular formula is C29H39N5O4. The topological polar surface area (TPSA) is 124 Å². The first kappa shape index (κ1) is 25.5. The van der Waals surface area contributed by atoms with E-state index in [-0.39, 0.29) is 41.1 Å². The van der Waals surface area contributed by atoms with Gasteiger partial charge in [-0.05, 0) is 82.9 Å². The van der Waals surface area contributed by atoms with E-state index < -0.39 is 17.0 Å². The highest BCUT2D eigenvalue weighted by Gasteiger charge is 2.68. The SMILES string of the molecule is CC1(C)CC=C(c2nc([C@H]3C[C@@]4(C)O[C@@](C)(C3)[C@@H]3OC(C)(C)O[C@@H]34)ccc2NC(=O)c2nc(N)c[nH]2)CC1. The lowest BCUT2D eigenvalue weighted by Gasteiger charge is -2.43. The molecule has 0 aromatic carbocycles. The highest BCUT2D eigenvalue weighted by molar-refractivity contribution is 6.03. The fraction of sp³-hybridized carbons (Fsp3) is 0.621. The van der Waals surface area contributed by atoms with Crippen molar-refractivity contribution in [2.45, 2.75) is 109 Å². The van der Waals surface area contributed by atoms with E-state index in [9.17, 15) is 4.79 Å². The first-order valence-electron chi connectivity index (χ1n) is 13.6. The minimum absolute atomic E-state index is 0.116. The predicted molar refractivity (Wildman–Crippen MR) is 144 cm³/mol. The molecule has 6 rings (SSSR count). The van der Waals surface area contributed by atoms with Gasteiger partial charge in [0.2, 0.25) is 0 Å². The summed E-state index contributed by atoms with van der Waals surface area (Å²) in [7, 11) is 0. The number of H-pyrrole nitrogens is 1. The second-order valence-corrected chi connectivity index (χ2v) is 13.2. The highest BCUT2D eigenvalue weighted by atomic mass is 16.8. The van der Waals surface area contributed by atoms with Crippen LogP contribution in [0.4, 0.5) is 11.5 Å². The van der Waals surface area contributed by atoms with Crippen LogP contribution in [0, 0.1) is 5.41 Å². The summed E-state index contributed by atoms with van der Waals surface area (Å²) in [5.74, 6) is -0.331. The van der Waals surface area contributed by atoms with Crippen molar-refractivity contribution in [1.29, 1.82) is 0 Å². The Morgan fingerprint density at radius 1 is 1.05 bits per heavy atom. The maximum atomic E-state index is 12.9. The second-order valence-electron chi connectivity index (χ2n) is 13.2. The van der Waals surface area contributed by atoms with Gasteiger partial charge in [-0.1, -0.05) is 19.9 Å². The molecule has 3 fully saturated rings. The normalized spacial score (nSPS) is 35.0. The zero-order valence-corrected chi connectivity index (χ0v) is 23.2. The number of nitrogen functional groups attached to an aromatic ring is 1. The molecule has 4 N–H and O–H groups in total. The zero-order valence-electron chi connectivity index (χ0n) is 23.2. The van der Waals surface area contributed by atoms with E-state index in [1.165, 1.54) is 6.20 Å². The lowest BCUT2D eigenvalue weighted by molar-refractivity contribution is -0.242. The number of rotatable bonds is 4. The van der Waals surface area contributed by atoms with Crippen molar-refractivity contribution < 1.29 is 19.0 Å². The number of aromatic nitrogens is 3. The van der Waals surface area contributed by atoms with Crippen molar-refractivity contribution in [2.75, 3.05) is 11.1 Å². The van der Waals surface area contributed by atoms with Crippen molar-refractivity contribution in [2.24, 2.45) is 5.41 Å². The van der Waals surface area contributed by atoms with E-state index >= 15 is 0 Å². The van der Waals surface area contributed by atoms with E-state index in [1.807, 2.05) is 26.0 Å². The minimum Gasteiger partial charge on any atom is -0.382 e. The summed E-state index contributed by atoms with van der Waals surface area (Å²) in [6, 6.07) is 4.01. The first-order valence-corrected chi connectivity index (χ1v) is 13.6. The van der Waals surface area contributed by atoms with Crippen LogP contribution in [0.3, 0.4) is 0 Å². The van der Waals surface area contributed by atoms with Crippen molar-refractivity contribution >= 4 is 23.0 Å². The Morgan fingerprint density at radius 2 is 1.74 bits per heavy atom. The number of hydrogen-bond donors (Lipinski definition) is 3. The Hall–Kier alpha value is -2.75. The van der Waals surface area contributed by atoms with Gasteiger partial charge in [-0.25, -0.2) is 4.98 Å². The molecule has 0 radical (unpaired) electrons. The molecule has 5 atom stereocenters. The molecule has 0 spiro atoms. The van der Waals surface area contributed by atoms with Gasteiger partial charge in [0.05, 0.1) is 22.6 Å². The number of hydrogen-bond acceptors (Lipinski definition) is 7. The van der Waals surface area contributed by atoms with Crippen LogP contribution >= 0.6 is 0 Å². The van der Waals surface area contributed by atoms with E-state index in [2.05, 4.69) is 49.1 Å². The number of pyridine rings is 1. The Balaban J connectivity index is 1.33. The summed E-state index contributed by atoms with van der Waals surface area (Å²) in [5.41, 5.74) is 8.72. The van der Waals surface area contributed by atoms with Crippen LogP contribution in [-0.2, 0) is 14.2 Å². The number of amides is 1. The van der Waals surface area contributed by atoms with Crippen molar-refractivity contribution in [1.82, 2.24) is 15.0 Å². The monoisotopic (exact) mass is 521 g/mol. The van der Waals surface area contributed by atoms with Crippen LogP contribution in [0.2, 0.25) is 0 Å². The van der Waals surface area contributed by atoms with Crippen molar-refractivity contribution in [3.05, 3.63) is 41.6 Å². The molecule has 0 saturated carbocycles. The third kappa shape index (κ3) is 4.34. The number of nitrogens with zero attached hydrogens (tertiary/aromatic N) is 2. The summed E-state index contributed by atoms with van der Waals surface area (Å²) < 4.78 is 19.3. The number of allylic oxidation sites excluding steroid dienone is 2. The number of aromatic amines is 1. The van der Waals surface area contributed by atoms with Gasteiger partial charge in [0, 0.05) is 17.8 Å². The molecule has 9 nitrogen and oxygen atoms in total. The van der Waals surface area contributed by atoms with E-state index in [4.69, 9.17) is 24.9 Å². The fourth-order valence-electron chi connectivity index (χ4n) is 6.85. The molecular weight excluding hydrogens is 482 g/mol. The average molecular weight is 522 g/mol. The van der Waals surface area contributed by atoms with Crippen LogP contribution in [0.5, 0.6) is 0 Å². The molecule has 2 aromatic rings. The van der Waals surface area contributed by atoms with Crippen LogP contribution in [0.25, 0.3) is 5.57 Å². The molecule has 2 bridgehead atoms. The number of carbonyl (C=O) groups excluding carboxylic acids is 1. The van der Waals surface area contributed by atoms with Gasteiger partial charge in [0.15, 0.2) is 11.6 Å². The molecule has 9 heteroatoms. The third-order valence-corrected chi connectivity index (χ3v) is 8.74. The Kier molecular flexibility index (Phi) is 5.62. The lowest BCUT2D eigenvalue weighted by atomic mass is 9.77. The van der Waals surface area contributed by atoms with Gasteiger partial charge in [0.1, 0.15) is 18.0 Å². The molecule has 204 valence electrons. The molecule has 4 aliphatic rings. The summed E-state index contributed by atoms with van der Waals surface area (Å²) in [4.78, 5) is 25.1. The lowest BCUT2D eigenvalue weighted by Crippen LogP contribution is -2.46. The standard InChI is InChI=1S/C29H39N5O4/c1-26(2)11-9-16(10-12-26)21-19(33-25(35)24-31-15-20(30)34-24)8-7-18(32-21)17-13-28(5)22-23(29(6,14-17)38-28)37-27(3,4)36-22/h7-9,15,17,22-23H,10-14,30H2,1-6H3,(H,31,34)(H,33,35)/t17-,22-,23+,28+,29-.